The normalized spacial score (nSPS) is 14.6. The molecule has 0 saturated heterocycles. The fourth-order valence-electron chi connectivity index (χ4n) is 2.50. The maximum absolute atomic E-state index is 4.80. The zero-order chi connectivity index (χ0) is 14.7. The minimum absolute atomic E-state index is 0.718. The van der Waals surface area contributed by atoms with Gasteiger partial charge in [0.25, 0.3) is 0 Å². The molecule has 1 aliphatic carbocycles. The fraction of sp³-hybridized carbons (Fsp3) is 0.471. The van der Waals surface area contributed by atoms with E-state index in [1.807, 2.05) is 11.8 Å². The molecule has 2 aromatic rings. The number of anilines is 1. The van der Waals surface area contributed by atoms with Crippen LogP contribution in [0.25, 0.3) is 10.9 Å². The van der Waals surface area contributed by atoms with Crippen molar-refractivity contribution in [3.8, 4) is 0 Å². The van der Waals surface area contributed by atoms with Crippen LogP contribution in [0.2, 0.25) is 0 Å². The molecule has 1 fully saturated rings. The summed E-state index contributed by atoms with van der Waals surface area (Å²) in [6, 6.07) is 11.4. The number of thioether (sulfide) groups is 1. The Bertz CT molecular complexity index is 610. The highest BCUT2D eigenvalue weighted by molar-refractivity contribution is 7.98. The van der Waals surface area contributed by atoms with Crippen LogP contribution in [0.15, 0.2) is 30.3 Å². The lowest BCUT2D eigenvalue weighted by atomic mass is 10.1. The van der Waals surface area contributed by atoms with Crippen molar-refractivity contribution >= 4 is 28.4 Å². The molecule has 1 aromatic carbocycles. The summed E-state index contributed by atoms with van der Waals surface area (Å²) in [5.74, 6) is 1.14. The van der Waals surface area contributed by atoms with E-state index in [4.69, 9.17) is 4.98 Å². The van der Waals surface area contributed by atoms with Crippen molar-refractivity contribution in [3.63, 3.8) is 0 Å². The number of para-hydroxylation sites is 1. The van der Waals surface area contributed by atoms with Crippen molar-refractivity contribution in [2.24, 2.45) is 0 Å². The Hall–Kier alpha value is -1.26. The first-order chi connectivity index (χ1) is 10.3. The number of fused-ring (bicyclic) bond motifs is 1. The molecule has 112 valence electrons. The number of aromatic nitrogens is 1. The number of rotatable bonds is 7. The van der Waals surface area contributed by atoms with Crippen LogP contribution in [0.4, 0.5) is 5.69 Å². The zero-order valence-electron chi connectivity index (χ0n) is 12.8. The quantitative estimate of drug-likeness (QED) is 0.849. The van der Waals surface area contributed by atoms with Gasteiger partial charge in [-0.15, -0.1) is 0 Å². The van der Waals surface area contributed by atoms with Crippen LogP contribution in [0.1, 0.15) is 18.5 Å². The van der Waals surface area contributed by atoms with Crippen molar-refractivity contribution in [2.45, 2.75) is 25.4 Å². The number of nitrogens with one attached hydrogen (secondary N) is 1. The summed E-state index contributed by atoms with van der Waals surface area (Å²) in [5.41, 5.74) is 3.53. The minimum Gasteiger partial charge on any atom is -0.373 e. The van der Waals surface area contributed by atoms with Crippen molar-refractivity contribution in [3.05, 3.63) is 36.0 Å². The van der Waals surface area contributed by atoms with Crippen LogP contribution >= 0.6 is 11.8 Å². The van der Waals surface area contributed by atoms with E-state index in [1.54, 1.807) is 0 Å². The lowest BCUT2D eigenvalue weighted by Crippen LogP contribution is -2.22. The third-order valence-corrected chi connectivity index (χ3v) is 4.53. The molecular formula is C17H23N3S. The van der Waals surface area contributed by atoms with E-state index in [-0.39, 0.29) is 0 Å². The van der Waals surface area contributed by atoms with E-state index < -0.39 is 0 Å². The minimum atomic E-state index is 0.718. The van der Waals surface area contributed by atoms with Crippen molar-refractivity contribution < 1.29 is 0 Å². The topological polar surface area (TPSA) is 28.2 Å². The highest BCUT2D eigenvalue weighted by Crippen LogP contribution is 2.27. The molecule has 3 rings (SSSR count). The summed E-state index contributed by atoms with van der Waals surface area (Å²) in [6.45, 7) is 1.93. The number of nitrogens with zero attached hydrogens (tertiary/aromatic N) is 2. The molecule has 1 aliphatic rings. The molecule has 0 amide bonds. The number of benzene rings is 1. The molecule has 0 unspecified atom stereocenters. The Morgan fingerprint density at radius 1 is 1.33 bits per heavy atom. The third-order valence-electron chi connectivity index (χ3n) is 3.94. The van der Waals surface area contributed by atoms with E-state index in [1.165, 1.54) is 23.9 Å². The lowest BCUT2D eigenvalue weighted by molar-refractivity contribution is 0.676. The van der Waals surface area contributed by atoms with E-state index in [2.05, 4.69) is 53.9 Å². The largest absolute Gasteiger partial charge is 0.373 e. The first-order valence-electron chi connectivity index (χ1n) is 7.60. The molecule has 1 N–H and O–H groups in total. The number of hydrogen-bond acceptors (Lipinski definition) is 4. The third kappa shape index (κ3) is 3.69. The SMILES string of the molecule is CSCCN(C)c1cc(CNC2CC2)nc2ccccc12. The van der Waals surface area contributed by atoms with Gasteiger partial charge in [0.1, 0.15) is 0 Å². The molecule has 1 heterocycles. The second kappa shape index (κ2) is 6.67. The summed E-state index contributed by atoms with van der Waals surface area (Å²) in [4.78, 5) is 7.15. The van der Waals surface area contributed by atoms with Gasteiger partial charge in [-0.3, -0.25) is 4.98 Å². The van der Waals surface area contributed by atoms with Gasteiger partial charge in [0.05, 0.1) is 11.2 Å². The molecule has 0 spiro atoms. The van der Waals surface area contributed by atoms with E-state index >= 15 is 0 Å². The lowest BCUT2D eigenvalue weighted by Gasteiger charge is -2.21. The van der Waals surface area contributed by atoms with E-state index in [0.717, 1.165) is 36.1 Å². The average molecular weight is 301 g/mol. The maximum atomic E-state index is 4.80. The summed E-state index contributed by atoms with van der Waals surface area (Å²) in [7, 11) is 2.18. The summed E-state index contributed by atoms with van der Waals surface area (Å²) < 4.78 is 0. The van der Waals surface area contributed by atoms with Gasteiger partial charge in [-0.2, -0.15) is 11.8 Å². The van der Waals surface area contributed by atoms with Crippen LogP contribution in [-0.4, -0.2) is 36.6 Å². The van der Waals surface area contributed by atoms with Gasteiger partial charge < -0.3 is 10.2 Å². The molecule has 21 heavy (non-hydrogen) atoms. The van der Waals surface area contributed by atoms with Crippen molar-refractivity contribution in [1.82, 2.24) is 10.3 Å². The first-order valence-corrected chi connectivity index (χ1v) is 8.99. The van der Waals surface area contributed by atoms with Crippen LogP contribution < -0.4 is 10.2 Å². The first kappa shape index (κ1) is 14.7. The molecule has 4 heteroatoms. The van der Waals surface area contributed by atoms with Gasteiger partial charge in [-0.25, -0.2) is 0 Å². The fourth-order valence-corrected chi connectivity index (χ4v) is 2.96. The maximum Gasteiger partial charge on any atom is 0.0726 e. The van der Waals surface area contributed by atoms with Gasteiger partial charge in [0.15, 0.2) is 0 Å². The second-order valence-corrected chi connectivity index (χ2v) is 6.70. The van der Waals surface area contributed by atoms with Crippen molar-refractivity contribution in [1.29, 1.82) is 0 Å². The van der Waals surface area contributed by atoms with Crippen LogP contribution in [0.3, 0.4) is 0 Å². The van der Waals surface area contributed by atoms with E-state index in [9.17, 15) is 0 Å². The average Bonchev–Trinajstić information content (AvgIpc) is 3.34. The zero-order valence-corrected chi connectivity index (χ0v) is 13.6. The highest BCUT2D eigenvalue weighted by atomic mass is 32.2. The van der Waals surface area contributed by atoms with Crippen LogP contribution in [0, 0.1) is 0 Å². The number of hydrogen-bond donors (Lipinski definition) is 1. The Morgan fingerprint density at radius 2 is 2.14 bits per heavy atom. The van der Waals surface area contributed by atoms with Gasteiger partial charge >= 0.3 is 0 Å². The Morgan fingerprint density at radius 3 is 2.90 bits per heavy atom. The molecule has 0 atom stereocenters. The smallest absolute Gasteiger partial charge is 0.0726 e. The molecular weight excluding hydrogens is 278 g/mol. The Balaban J connectivity index is 1.89. The summed E-state index contributed by atoms with van der Waals surface area (Å²) in [5, 5.41) is 4.81. The monoisotopic (exact) mass is 301 g/mol. The van der Waals surface area contributed by atoms with Crippen LogP contribution in [0.5, 0.6) is 0 Å². The summed E-state index contributed by atoms with van der Waals surface area (Å²) >= 11 is 1.89. The second-order valence-electron chi connectivity index (χ2n) is 5.72. The molecule has 1 saturated carbocycles. The summed E-state index contributed by atoms with van der Waals surface area (Å²) in [6.07, 6.45) is 4.78. The van der Waals surface area contributed by atoms with Crippen molar-refractivity contribution in [2.75, 3.05) is 30.5 Å². The van der Waals surface area contributed by atoms with E-state index in [0.29, 0.717) is 0 Å². The van der Waals surface area contributed by atoms with Crippen LogP contribution in [-0.2, 0) is 6.54 Å². The predicted octanol–water partition coefficient (Wildman–Crippen LogP) is 3.29. The highest BCUT2D eigenvalue weighted by Gasteiger charge is 2.20. The molecule has 0 aliphatic heterocycles. The molecule has 0 bridgehead atoms. The molecule has 3 nitrogen and oxygen atoms in total. The van der Waals surface area contributed by atoms with Gasteiger partial charge in [0, 0.05) is 43.0 Å². The predicted molar refractivity (Wildman–Crippen MR) is 93.3 cm³/mol. The molecule has 1 aromatic heterocycles. The Labute approximate surface area is 131 Å². The standard InChI is InChI=1S/C17H23N3S/c1-20(9-10-21-2)17-11-14(12-18-13-7-8-13)19-16-6-4-3-5-15(16)17/h3-6,11,13,18H,7-10,12H2,1-2H3. The molecule has 0 radical (unpaired) electrons. The van der Waals surface area contributed by atoms with Gasteiger partial charge in [0.2, 0.25) is 0 Å². The van der Waals surface area contributed by atoms with Gasteiger partial charge in [-0.05, 0) is 31.2 Å². The Kier molecular flexibility index (Phi) is 4.66. The van der Waals surface area contributed by atoms with Gasteiger partial charge in [-0.1, -0.05) is 18.2 Å². The number of pyridine rings is 1.